The summed E-state index contributed by atoms with van der Waals surface area (Å²) in [4.78, 5) is 13.5. The third-order valence-corrected chi connectivity index (χ3v) is 6.56. The Morgan fingerprint density at radius 2 is 1.73 bits per heavy atom. The molecule has 0 amide bonds. The van der Waals surface area contributed by atoms with E-state index in [-0.39, 0.29) is 17.2 Å². The number of benzene rings is 2. The largest absolute Gasteiger partial charge is 0.384 e. The first kappa shape index (κ1) is 21.4. The molecule has 0 bridgehead atoms. The van der Waals surface area contributed by atoms with Gasteiger partial charge in [-0.15, -0.1) is 0 Å². The van der Waals surface area contributed by atoms with E-state index in [0.29, 0.717) is 32.7 Å². The second-order valence-electron chi connectivity index (χ2n) is 8.89. The highest BCUT2D eigenvalue weighted by molar-refractivity contribution is 7.81. The van der Waals surface area contributed by atoms with Crippen LogP contribution in [0.4, 0.5) is 5.69 Å². The molecule has 0 aliphatic heterocycles. The van der Waals surface area contributed by atoms with Crippen molar-refractivity contribution >= 4 is 51.9 Å². The quantitative estimate of drug-likeness (QED) is 0.540. The van der Waals surface area contributed by atoms with E-state index in [1.165, 1.54) is 11.1 Å². The molecule has 2 aliphatic carbocycles. The van der Waals surface area contributed by atoms with Gasteiger partial charge in [0.2, 0.25) is 0 Å². The number of rotatable bonds is 4. The lowest BCUT2D eigenvalue weighted by Gasteiger charge is -2.34. The summed E-state index contributed by atoms with van der Waals surface area (Å²) in [5.41, 5.74) is 4.77. The molecule has 3 nitrogen and oxygen atoms in total. The van der Waals surface area contributed by atoms with Crippen molar-refractivity contribution in [1.29, 1.82) is 0 Å². The van der Waals surface area contributed by atoms with E-state index in [2.05, 4.69) is 48.7 Å². The van der Waals surface area contributed by atoms with E-state index in [9.17, 15) is 4.79 Å². The van der Waals surface area contributed by atoms with Crippen LogP contribution < -0.4 is 10.6 Å². The minimum Gasteiger partial charge on any atom is -0.384 e. The summed E-state index contributed by atoms with van der Waals surface area (Å²) in [6.07, 6.45) is 3.14. The lowest BCUT2D eigenvalue weighted by atomic mass is 9.75. The summed E-state index contributed by atoms with van der Waals surface area (Å²) in [7, 11) is 0. The van der Waals surface area contributed by atoms with Crippen LogP contribution in [0.3, 0.4) is 0 Å². The van der Waals surface area contributed by atoms with Crippen molar-refractivity contribution < 1.29 is 4.79 Å². The van der Waals surface area contributed by atoms with Crippen molar-refractivity contribution in [1.82, 2.24) is 5.32 Å². The zero-order valence-corrected chi connectivity index (χ0v) is 19.3. The molecule has 30 heavy (non-hydrogen) atoms. The van der Waals surface area contributed by atoms with Crippen LogP contribution in [0.15, 0.2) is 53.7 Å². The van der Waals surface area contributed by atoms with Gasteiger partial charge in [-0.25, -0.2) is 0 Å². The number of allylic oxidation sites excluding steroid dienone is 1. The molecule has 2 N–H and O–H groups in total. The number of nitrogens with one attached hydrogen (secondary N) is 2. The summed E-state index contributed by atoms with van der Waals surface area (Å²) in [6, 6.07) is 13.9. The topological polar surface area (TPSA) is 41.1 Å². The molecule has 0 radical (unpaired) electrons. The first-order valence-electron chi connectivity index (χ1n) is 10.1. The van der Waals surface area contributed by atoms with Gasteiger partial charge in [0.15, 0.2) is 5.78 Å². The van der Waals surface area contributed by atoms with Crippen molar-refractivity contribution in [3.05, 3.63) is 74.9 Å². The van der Waals surface area contributed by atoms with Gasteiger partial charge in [0.25, 0.3) is 0 Å². The molecular weight excluding hydrogens is 435 g/mol. The Hall–Kier alpha value is -1.88. The van der Waals surface area contributed by atoms with Crippen molar-refractivity contribution in [2.45, 2.75) is 45.6 Å². The summed E-state index contributed by atoms with van der Waals surface area (Å²) < 4.78 is 0. The van der Waals surface area contributed by atoms with E-state index < -0.39 is 0 Å². The molecule has 0 saturated carbocycles. The number of carbonyl (C=O) groups is 1. The molecule has 0 atom stereocenters. The molecule has 0 unspecified atom stereocenters. The van der Waals surface area contributed by atoms with Crippen molar-refractivity contribution in [2.24, 2.45) is 5.41 Å². The Kier molecular flexibility index (Phi) is 5.93. The Balaban J connectivity index is 1.61. The summed E-state index contributed by atoms with van der Waals surface area (Å²) in [5, 5.41) is 7.85. The van der Waals surface area contributed by atoms with Gasteiger partial charge in [-0.05, 0) is 54.0 Å². The summed E-state index contributed by atoms with van der Waals surface area (Å²) in [5.74, 6) is 0.0619. The molecule has 2 aromatic carbocycles. The van der Waals surface area contributed by atoms with Crippen LogP contribution >= 0.6 is 35.4 Å². The molecule has 0 fully saturated rings. The highest BCUT2D eigenvalue weighted by atomic mass is 35.5. The maximum atomic E-state index is 13.1. The monoisotopic (exact) mass is 458 g/mol. The van der Waals surface area contributed by atoms with Gasteiger partial charge in [-0.2, -0.15) is 0 Å². The third kappa shape index (κ3) is 4.56. The number of halogens is 2. The van der Waals surface area contributed by atoms with E-state index in [4.69, 9.17) is 35.4 Å². The molecule has 0 aromatic heterocycles. The maximum absolute atomic E-state index is 13.1. The minimum atomic E-state index is -0.109. The van der Waals surface area contributed by atoms with Gasteiger partial charge in [-0.3, -0.25) is 4.79 Å². The van der Waals surface area contributed by atoms with Gasteiger partial charge < -0.3 is 10.6 Å². The molecule has 4 rings (SSSR count). The van der Waals surface area contributed by atoms with Crippen molar-refractivity contribution in [2.75, 3.05) is 5.32 Å². The standard InChI is InChI=1S/C24H24Cl2N2OS/c1-24(2)12-20(27-17-9-14-5-3-4-6-15(14)10-17)22(21(29)13-24)23(30)28-19-8-7-16(25)11-18(19)26/h3-8,11,17,27H,9-10,12-13H2,1-2H3,(H,28,30). The SMILES string of the molecule is CC1(C)CC(=O)C(C(=S)Nc2ccc(Cl)cc2Cl)=C(NC2Cc3ccccc3C2)C1. The number of carbonyl (C=O) groups excluding carboxylic acids is 1. The lowest BCUT2D eigenvalue weighted by Crippen LogP contribution is -2.39. The second-order valence-corrected chi connectivity index (χ2v) is 10.1. The average Bonchev–Trinajstić information content (AvgIpc) is 3.05. The normalized spacial score (nSPS) is 18.3. The number of hydrogen-bond acceptors (Lipinski definition) is 3. The average molecular weight is 459 g/mol. The molecular formula is C24H24Cl2N2OS. The highest BCUT2D eigenvalue weighted by Gasteiger charge is 2.36. The zero-order valence-electron chi connectivity index (χ0n) is 17.0. The fourth-order valence-corrected chi connectivity index (χ4v) is 5.19. The smallest absolute Gasteiger partial charge is 0.168 e. The number of fused-ring (bicyclic) bond motifs is 1. The van der Waals surface area contributed by atoms with Gasteiger partial charge >= 0.3 is 0 Å². The zero-order chi connectivity index (χ0) is 21.5. The lowest BCUT2D eigenvalue weighted by molar-refractivity contribution is -0.117. The van der Waals surface area contributed by atoms with Crippen molar-refractivity contribution in [3.8, 4) is 0 Å². The predicted octanol–water partition coefficient (Wildman–Crippen LogP) is 6.13. The number of Topliss-reactive ketones (excluding diaryl/α,β-unsaturated/α-hetero) is 1. The van der Waals surface area contributed by atoms with E-state index in [1.807, 2.05) is 0 Å². The second kappa shape index (κ2) is 8.33. The van der Waals surface area contributed by atoms with Crippen LogP contribution in [0.25, 0.3) is 0 Å². The fraction of sp³-hybridized carbons (Fsp3) is 0.333. The van der Waals surface area contributed by atoms with Gasteiger partial charge in [-0.1, -0.05) is 73.5 Å². The van der Waals surface area contributed by atoms with Crippen LogP contribution in [-0.4, -0.2) is 16.8 Å². The van der Waals surface area contributed by atoms with Crippen molar-refractivity contribution in [3.63, 3.8) is 0 Å². The Bertz CT molecular complexity index is 1040. The van der Waals surface area contributed by atoms with Crippen LogP contribution in [0, 0.1) is 5.41 Å². The molecule has 0 spiro atoms. The Labute approximate surface area is 192 Å². The number of ketones is 1. The highest BCUT2D eigenvalue weighted by Crippen LogP contribution is 2.38. The Morgan fingerprint density at radius 1 is 1.07 bits per heavy atom. The number of thiocarbonyl (C=S) groups is 1. The van der Waals surface area contributed by atoms with E-state index in [1.54, 1.807) is 18.2 Å². The predicted molar refractivity (Wildman–Crippen MR) is 129 cm³/mol. The van der Waals surface area contributed by atoms with Crippen LogP contribution in [0.2, 0.25) is 10.0 Å². The first-order chi connectivity index (χ1) is 14.2. The summed E-state index contributed by atoms with van der Waals surface area (Å²) >= 11 is 18.0. The van der Waals surface area contributed by atoms with Crippen LogP contribution in [-0.2, 0) is 17.6 Å². The molecule has 0 saturated heterocycles. The van der Waals surface area contributed by atoms with Gasteiger partial charge in [0.1, 0.15) is 4.99 Å². The van der Waals surface area contributed by atoms with Gasteiger partial charge in [0.05, 0.1) is 16.3 Å². The number of hydrogen-bond donors (Lipinski definition) is 2. The molecule has 2 aromatic rings. The molecule has 0 heterocycles. The third-order valence-electron chi connectivity index (χ3n) is 5.71. The number of anilines is 1. The van der Waals surface area contributed by atoms with E-state index >= 15 is 0 Å². The molecule has 6 heteroatoms. The van der Waals surface area contributed by atoms with Crippen LogP contribution in [0.1, 0.15) is 37.8 Å². The maximum Gasteiger partial charge on any atom is 0.168 e. The Morgan fingerprint density at radius 3 is 2.37 bits per heavy atom. The first-order valence-corrected chi connectivity index (χ1v) is 11.2. The minimum absolute atomic E-state index is 0.0619. The van der Waals surface area contributed by atoms with Crippen LogP contribution in [0.5, 0.6) is 0 Å². The fourth-order valence-electron chi connectivity index (χ4n) is 4.39. The van der Waals surface area contributed by atoms with E-state index in [0.717, 1.165) is 25.0 Å². The van der Waals surface area contributed by atoms with Gasteiger partial charge in [0, 0.05) is 23.2 Å². The molecule has 2 aliphatic rings. The molecule has 156 valence electrons. The summed E-state index contributed by atoms with van der Waals surface area (Å²) in [6.45, 7) is 4.25.